The van der Waals surface area contributed by atoms with Gasteiger partial charge in [0.25, 0.3) is 0 Å². The van der Waals surface area contributed by atoms with E-state index in [2.05, 4.69) is 19.2 Å². The average Bonchev–Trinajstić information content (AvgIpc) is 2.41. The molecule has 0 radical (unpaired) electrons. The highest BCUT2D eigenvalue weighted by Crippen LogP contribution is 2.32. The van der Waals surface area contributed by atoms with Gasteiger partial charge in [0.2, 0.25) is 0 Å². The molecule has 1 aliphatic rings. The number of aromatic carboxylic acids is 1. The van der Waals surface area contributed by atoms with Crippen LogP contribution < -0.4 is 5.32 Å². The first-order chi connectivity index (χ1) is 9.47. The first-order valence-electron chi connectivity index (χ1n) is 7.58. The lowest BCUT2D eigenvalue weighted by Gasteiger charge is -2.33. The van der Waals surface area contributed by atoms with Gasteiger partial charge in [-0.25, -0.2) is 4.79 Å². The van der Waals surface area contributed by atoms with Gasteiger partial charge in [0.1, 0.15) is 0 Å². The van der Waals surface area contributed by atoms with Crippen molar-refractivity contribution in [2.24, 2.45) is 11.8 Å². The molecule has 0 amide bonds. The molecule has 1 fully saturated rings. The Morgan fingerprint density at radius 2 is 2.10 bits per heavy atom. The van der Waals surface area contributed by atoms with Crippen LogP contribution in [0, 0.1) is 18.8 Å². The Bertz CT molecular complexity index is 482. The Hall–Kier alpha value is -1.51. The minimum atomic E-state index is -0.864. The highest BCUT2D eigenvalue weighted by Gasteiger charge is 2.24. The summed E-state index contributed by atoms with van der Waals surface area (Å²) in [4.78, 5) is 11.1. The minimum absolute atomic E-state index is 0.356. The summed E-state index contributed by atoms with van der Waals surface area (Å²) in [5.41, 5.74) is 2.44. The maximum Gasteiger partial charge on any atom is 0.335 e. The standard InChI is InChI=1S/C17H25NO2/c1-11(2)13-5-4-6-15(9-13)18-16-10-14(17(19)20)8-7-12(16)3/h7-8,10-11,13,15,18H,4-6,9H2,1-3H3,(H,19,20). The molecular formula is C17H25NO2. The van der Waals surface area contributed by atoms with Crippen molar-refractivity contribution >= 4 is 11.7 Å². The number of carbonyl (C=O) groups is 1. The van der Waals surface area contributed by atoms with E-state index >= 15 is 0 Å². The van der Waals surface area contributed by atoms with Crippen molar-refractivity contribution in [3.05, 3.63) is 29.3 Å². The summed E-state index contributed by atoms with van der Waals surface area (Å²) >= 11 is 0. The Balaban J connectivity index is 2.09. The number of benzene rings is 1. The van der Waals surface area contributed by atoms with Gasteiger partial charge in [0.15, 0.2) is 0 Å². The van der Waals surface area contributed by atoms with Crippen LogP contribution in [0.3, 0.4) is 0 Å². The average molecular weight is 275 g/mol. The molecule has 3 heteroatoms. The SMILES string of the molecule is Cc1ccc(C(=O)O)cc1NC1CCCC(C(C)C)C1. The molecule has 20 heavy (non-hydrogen) atoms. The smallest absolute Gasteiger partial charge is 0.335 e. The van der Waals surface area contributed by atoms with E-state index in [1.807, 2.05) is 13.0 Å². The fourth-order valence-electron chi connectivity index (χ4n) is 3.09. The second-order valence-electron chi connectivity index (χ2n) is 6.35. The molecule has 2 N–H and O–H groups in total. The van der Waals surface area contributed by atoms with E-state index in [4.69, 9.17) is 5.11 Å². The lowest BCUT2D eigenvalue weighted by atomic mass is 9.79. The maximum absolute atomic E-state index is 11.1. The van der Waals surface area contributed by atoms with Crippen LogP contribution in [-0.4, -0.2) is 17.1 Å². The summed E-state index contributed by atoms with van der Waals surface area (Å²) in [6.07, 6.45) is 4.95. The third-order valence-electron chi connectivity index (χ3n) is 4.50. The van der Waals surface area contributed by atoms with Crippen molar-refractivity contribution in [3.63, 3.8) is 0 Å². The molecule has 0 saturated heterocycles. The zero-order chi connectivity index (χ0) is 14.7. The van der Waals surface area contributed by atoms with Gasteiger partial charge in [-0.2, -0.15) is 0 Å². The fraction of sp³-hybridized carbons (Fsp3) is 0.588. The molecule has 2 atom stereocenters. The number of carboxylic acids is 1. The molecule has 0 heterocycles. The normalized spacial score (nSPS) is 22.8. The van der Waals surface area contributed by atoms with Crippen molar-refractivity contribution in [1.29, 1.82) is 0 Å². The summed E-state index contributed by atoms with van der Waals surface area (Å²) in [7, 11) is 0. The van der Waals surface area contributed by atoms with Gasteiger partial charge in [-0.3, -0.25) is 0 Å². The summed E-state index contributed by atoms with van der Waals surface area (Å²) in [6, 6.07) is 5.78. The molecule has 2 rings (SSSR count). The molecule has 1 aromatic carbocycles. The van der Waals surface area contributed by atoms with E-state index in [0.29, 0.717) is 11.6 Å². The molecule has 0 aliphatic heterocycles. The first kappa shape index (κ1) is 14.9. The van der Waals surface area contributed by atoms with Gasteiger partial charge < -0.3 is 10.4 Å². The number of nitrogens with one attached hydrogen (secondary N) is 1. The van der Waals surface area contributed by atoms with Crippen LogP contribution in [0.2, 0.25) is 0 Å². The van der Waals surface area contributed by atoms with Crippen LogP contribution >= 0.6 is 0 Å². The number of aryl methyl sites for hydroxylation is 1. The van der Waals surface area contributed by atoms with E-state index in [-0.39, 0.29) is 0 Å². The van der Waals surface area contributed by atoms with Gasteiger partial charge in [-0.05, 0) is 49.3 Å². The zero-order valence-electron chi connectivity index (χ0n) is 12.6. The third kappa shape index (κ3) is 3.53. The second kappa shape index (κ2) is 6.29. The summed E-state index contributed by atoms with van der Waals surface area (Å²) in [5.74, 6) is 0.645. The zero-order valence-corrected chi connectivity index (χ0v) is 12.6. The number of rotatable bonds is 4. The van der Waals surface area contributed by atoms with Crippen LogP contribution in [-0.2, 0) is 0 Å². The predicted octanol–water partition coefficient (Wildman–Crippen LogP) is 4.32. The lowest BCUT2D eigenvalue weighted by molar-refractivity contribution is 0.0697. The van der Waals surface area contributed by atoms with E-state index in [1.165, 1.54) is 25.7 Å². The molecule has 110 valence electrons. The van der Waals surface area contributed by atoms with Gasteiger partial charge in [0, 0.05) is 11.7 Å². The van der Waals surface area contributed by atoms with Gasteiger partial charge in [-0.15, -0.1) is 0 Å². The monoisotopic (exact) mass is 275 g/mol. The number of carboxylic acid groups (broad SMARTS) is 1. The van der Waals surface area contributed by atoms with E-state index in [9.17, 15) is 4.79 Å². The van der Waals surface area contributed by atoms with Crippen LogP contribution in [0.4, 0.5) is 5.69 Å². The van der Waals surface area contributed by atoms with E-state index < -0.39 is 5.97 Å². The molecule has 3 nitrogen and oxygen atoms in total. The highest BCUT2D eigenvalue weighted by atomic mass is 16.4. The maximum atomic E-state index is 11.1. The van der Waals surface area contributed by atoms with E-state index in [0.717, 1.165) is 23.1 Å². The number of hydrogen-bond donors (Lipinski definition) is 2. The molecule has 0 aromatic heterocycles. The number of hydrogen-bond acceptors (Lipinski definition) is 2. The topological polar surface area (TPSA) is 49.3 Å². The second-order valence-corrected chi connectivity index (χ2v) is 6.35. The van der Waals surface area contributed by atoms with E-state index in [1.54, 1.807) is 12.1 Å². The lowest BCUT2D eigenvalue weighted by Crippen LogP contribution is -2.29. The van der Waals surface area contributed by atoms with Crippen molar-refractivity contribution in [3.8, 4) is 0 Å². The predicted molar refractivity (Wildman–Crippen MR) is 82.3 cm³/mol. The van der Waals surface area contributed by atoms with Gasteiger partial charge in [0.05, 0.1) is 5.56 Å². The fourth-order valence-corrected chi connectivity index (χ4v) is 3.09. The number of anilines is 1. The Kier molecular flexibility index (Phi) is 4.69. The van der Waals surface area contributed by atoms with Crippen molar-refractivity contribution in [2.75, 3.05) is 5.32 Å². The highest BCUT2D eigenvalue weighted by molar-refractivity contribution is 5.89. The quantitative estimate of drug-likeness (QED) is 0.860. The summed E-state index contributed by atoms with van der Waals surface area (Å²) < 4.78 is 0. The molecule has 0 spiro atoms. The van der Waals surface area contributed by atoms with Crippen LogP contribution in [0.25, 0.3) is 0 Å². The Morgan fingerprint density at radius 1 is 1.35 bits per heavy atom. The molecular weight excluding hydrogens is 250 g/mol. The van der Waals surface area contributed by atoms with Crippen LogP contribution in [0.1, 0.15) is 55.5 Å². The van der Waals surface area contributed by atoms with Crippen molar-refractivity contribution in [2.45, 2.75) is 52.5 Å². The minimum Gasteiger partial charge on any atom is -0.478 e. The molecule has 1 saturated carbocycles. The van der Waals surface area contributed by atoms with Gasteiger partial charge >= 0.3 is 5.97 Å². The molecule has 1 aliphatic carbocycles. The van der Waals surface area contributed by atoms with Crippen molar-refractivity contribution in [1.82, 2.24) is 0 Å². The first-order valence-corrected chi connectivity index (χ1v) is 7.58. The summed E-state index contributed by atoms with van der Waals surface area (Å²) in [6.45, 7) is 6.61. The summed E-state index contributed by atoms with van der Waals surface area (Å²) in [5, 5.41) is 12.7. The third-order valence-corrected chi connectivity index (χ3v) is 4.50. The van der Waals surface area contributed by atoms with Crippen LogP contribution in [0.5, 0.6) is 0 Å². The van der Waals surface area contributed by atoms with Gasteiger partial charge in [-0.1, -0.05) is 32.8 Å². The molecule has 2 unspecified atom stereocenters. The Labute approximate surface area is 121 Å². The molecule has 0 bridgehead atoms. The molecule has 1 aromatic rings. The van der Waals surface area contributed by atoms with Crippen molar-refractivity contribution < 1.29 is 9.90 Å². The largest absolute Gasteiger partial charge is 0.478 e. The van der Waals surface area contributed by atoms with Crippen LogP contribution in [0.15, 0.2) is 18.2 Å². The Morgan fingerprint density at radius 3 is 2.75 bits per heavy atom.